The maximum atomic E-state index is 13.6. The molecule has 0 spiro atoms. The van der Waals surface area contributed by atoms with Gasteiger partial charge < -0.3 is 9.84 Å². The van der Waals surface area contributed by atoms with Gasteiger partial charge in [-0.2, -0.15) is 13.2 Å². The van der Waals surface area contributed by atoms with Crippen LogP contribution in [0.1, 0.15) is 12.0 Å². The summed E-state index contributed by atoms with van der Waals surface area (Å²) in [7, 11) is 0. The second kappa shape index (κ2) is 5.85. The Morgan fingerprint density at radius 1 is 1.19 bits per heavy atom. The van der Waals surface area contributed by atoms with E-state index in [-0.39, 0.29) is 18.8 Å². The molecule has 114 valence electrons. The molecule has 1 aromatic carbocycles. The largest absolute Gasteiger partial charge is 0.455 e. The van der Waals surface area contributed by atoms with Gasteiger partial charge in [-0.05, 0) is 30.7 Å². The minimum atomic E-state index is -4.72. The van der Waals surface area contributed by atoms with Gasteiger partial charge in [0.25, 0.3) is 0 Å². The Morgan fingerprint density at radius 2 is 1.90 bits per heavy atom. The fourth-order valence-corrected chi connectivity index (χ4v) is 1.84. The predicted octanol–water partition coefficient (Wildman–Crippen LogP) is 3.97. The van der Waals surface area contributed by atoms with Crippen LogP contribution in [0.25, 0.3) is 0 Å². The van der Waals surface area contributed by atoms with E-state index in [1.165, 1.54) is 6.08 Å². The van der Waals surface area contributed by atoms with E-state index in [4.69, 9.17) is 9.84 Å². The molecule has 2 nitrogen and oxygen atoms in total. The number of hydrogen-bond donors (Lipinski definition) is 1. The van der Waals surface area contributed by atoms with Gasteiger partial charge in [0.15, 0.2) is 11.6 Å². The van der Waals surface area contributed by atoms with E-state index in [1.54, 1.807) is 0 Å². The topological polar surface area (TPSA) is 29.5 Å². The molecule has 0 aliphatic heterocycles. The molecule has 1 atom stereocenters. The molecule has 0 amide bonds. The van der Waals surface area contributed by atoms with E-state index in [0.717, 1.165) is 12.1 Å². The molecule has 1 unspecified atom stereocenters. The monoisotopic (exact) mass is 306 g/mol. The number of halogens is 5. The standard InChI is InChI=1S/C14H11F5O2/c15-10-4-9(14(17,18)19)5-11(6-10)21-13-2-1-8(7-20)3-12(13)16/h2-6,8,20H,1,7H2. The molecule has 7 heteroatoms. The van der Waals surface area contributed by atoms with Crippen molar-refractivity contribution in [1.82, 2.24) is 0 Å². The van der Waals surface area contributed by atoms with Crippen molar-refractivity contribution in [1.29, 1.82) is 0 Å². The Labute approximate surface area is 117 Å². The van der Waals surface area contributed by atoms with Gasteiger partial charge >= 0.3 is 6.18 Å². The highest BCUT2D eigenvalue weighted by Crippen LogP contribution is 2.34. The lowest BCUT2D eigenvalue weighted by atomic mass is 10.0. The molecule has 1 aliphatic carbocycles. The van der Waals surface area contributed by atoms with Gasteiger partial charge in [-0.3, -0.25) is 0 Å². The number of alkyl halides is 3. The highest BCUT2D eigenvalue weighted by atomic mass is 19.4. The summed E-state index contributed by atoms with van der Waals surface area (Å²) in [6, 6.07) is 1.66. The first kappa shape index (κ1) is 15.5. The van der Waals surface area contributed by atoms with Crippen molar-refractivity contribution in [3.05, 3.63) is 53.3 Å². The van der Waals surface area contributed by atoms with Gasteiger partial charge in [0.1, 0.15) is 11.6 Å². The van der Waals surface area contributed by atoms with Crippen molar-refractivity contribution in [2.45, 2.75) is 12.6 Å². The Morgan fingerprint density at radius 3 is 2.48 bits per heavy atom. The van der Waals surface area contributed by atoms with E-state index < -0.39 is 35.1 Å². The normalized spacial score (nSPS) is 19.0. The van der Waals surface area contributed by atoms with Crippen molar-refractivity contribution >= 4 is 0 Å². The van der Waals surface area contributed by atoms with E-state index in [2.05, 4.69) is 0 Å². The van der Waals surface area contributed by atoms with Gasteiger partial charge in [0, 0.05) is 18.6 Å². The average Bonchev–Trinajstić information content (AvgIpc) is 2.39. The zero-order chi connectivity index (χ0) is 15.6. The van der Waals surface area contributed by atoms with E-state index >= 15 is 0 Å². The summed E-state index contributed by atoms with van der Waals surface area (Å²) in [6.07, 6.45) is -2.04. The predicted molar refractivity (Wildman–Crippen MR) is 64.5 cm³/mol. The Balaban J connectivity index is 2.23. The number of rotatable bonds is 3. The number of aliphatic hydroxyl groups excluding tert-OH is 1. The van der Waals surface area contributed by atoms with Gasteiger partial charge in [-0.1, -0.05) is 0 Å². The Hall–Kier alpha value is -1.89. The quantitative estimate of drug-likeness (QED) is 0.856. The van der Waals surface area contributed by atoms with Crippen LogP contribution < -0.4 is 4.74 Å². The van der Waals surface area contributed by atoms with Gasteiger partial charge in [-0.25, -0.2) is 8.78 Å². The summed E-state index contributed by atoms with van der Waals surface area (Å²) in [5.74, 6) is -3.08. The molecule has 0 saturated heterocycles. The number of allylic oxidation sites excluding steroid dienone is 2. The maximum absolute atomic E-state index is 13.6. The van der Waals surface area contributed by atoms with Crippen LogP contribution in [0.4, 0.5) is 22.0 Å². The van der Waals surface area contributed by atoms with Crippen molar-refractivity contribution < 1.29 is 31.8 Å². The lowest BCUT2D eigenvalue weighted by Gasteiger charge is -2.17. The van der Waals surface area contributed by atoms with Crippen LogP contribution in [0.2, 0.25) is 0 Å². The highest BCUT2D eigenvalue weighted by molar-refractivity contribution is 5.35. The van der Waals surface area contributed by atoms with Crippen LogP contribution in [0.5, 0.6) is 5.75 Å². The fraction of sp³-hybridized carbons (Fsp3) is 0.286. The smallest absolute Gasteiger partial charge is 0.416 e. The summed E-state index contributed by atoms with van der Waals surface area (Å²) in [6.45, 7) is -0.255. The molecular formula is C14H11F5O2. The first-order valence-electron chi connectivity index (χ1n) is 6.04. The molecule has 0 heterocycles. The Bertz CT molecular complexity index is 590. The van der Waals surface area contributed by atoms with Crippen LogP contribution >= 0.6 is 0 Å². The molecule has 0 radical (unpaired) electrons. The Kier molecular flexibility index (Phi) is 4.32. The molecule has 1 N–H and O–H groups in total. The molecule has 0 saturated carbocycles. The van der Waals surface area contributed by atoms with Crippen LogP contribution in [0.15, 0.2) is 41.9 Å². The third-order valence-corrected chi connectivity index (χ3v) is 2.88. The molecule has 21 heavy (non-hydrogen) atoms. The van der Waals surface area contributed by atoms with Crippen molar-refractivity contribution in [2.75, 3.05) is 6.61 Å². The summed E-state index contributed by atoms with van der Waals surface area (Å²) in [5, 5.41) is 8.89. The van der Waals surface area contributed by atoms with Gasteiger partial charge in [-0.15, -0.1) is 0 Å². The van der Waals surface area contributed by atoms with Crippen molar-refractivity contribution in [3.8, 4) is 5.75 Å². The number of ether oxygens (including phenoxy) is 1. The third kappa shape index (κ3) is 3.81. The molecule has 0 aromatic heterocycles. The molecule has 0 fully saturated rings. The van der Waals surface area contributed by atoms with Crippen LogP contribution in [-0.4, -0.2) is 11.7 Å². The van der Waals surface area contributed by atoms with Crippen LogP contribution in [-0.2, 0) is 6.18 Å². The van der Waals surface area contributed by atoms with Crippen LogP contribution in [0.3, 0.4) is 0 Å². The van der Waals surface area contributed by atoms with Gasteiger partial charge in [0.2, 0.25) is 0 Å². The summed E-state index contributed by atoms with van der Waals surface area (Å²) in [5.41, 5.74) is -1.22. The third-order valence-electron chi connectivity index (χ3n) is 2.88. The first-order valence-corrected chi connectivity index (χ1v) is 6.04. The lowest BCUT2D eigenvalue weighted by molar-refractivity contribution is -0.137. The van der Waals surface area contributed by atoms with E-state index in [9.17, 15) is 22.0 Å². The number of benzene rings is 1. The van der Waals surface area contributed by atoms with E-state index in [1.807, 2.05) is 0 Å². The van der Waals surface area contributed by atoms with Gasteiger partial charge in [0.05, 0.1) is 5.56 Å². The number of aliphatic hydroxyl groups is 1. The molecular weight excluding hydrogens is 295 g/mol. The minimum Gasteiger partial charge on any atom is -0.455 e. The summed E-state index contributed by atoms with van der Waals surface area (Å²) < 4.78 is 69.5. The fourth-order valence-electron chi connectivity index (χ4n) is 1.84. The van der Waals surface area contributed by atoms with Crippen LogP contribution in [0, 0.1) is 11.7 Å². The molecule has 1 aliphatic rings. The first-order chi connectivity index (χ1) is 9.79. The SMILES string of the molecule is OCC1C=C(F)C(Oc2cc(F)cc(C(F)(F)F)c2)=CC1. The van der Waals surface area contributed by atoms with Crippen molar-refractivity contribution in [3.63, 3.8) is 0 Å². The zero-order valence-corrected chi connectivity index (χ0v) is 10.6. The molecule has 1 aromatic rings. The highest BCUT2D eigenvalue weighted by Gasteiger charge is 2.32. The lowest BCUT2D eigenvalue weighted by Crippen LogP contribution is -2.10. The molecule has 0 bridgehead atoms. The second-order valence-corrected chi connectivity index (χ2v) is 4.54. The minimum absolute atomic E-state index is 0.255. The number of hydrogen-bond acceptors (Lipinski definition) is 2. The molecule has 2 rings (SSSR count). The summed E-state index contributed by atoms with van der Waals surface area (Å²) in [4.78, 5) is 0. The summed E-state index contributed by atoms with van der Waals surface area (Å²) >= 11 is 0. The van der Waals surface area contributed by atoms with Crippen molar-refractivity contribution in [2.24, 2.45) is 5.92 Å². The van der Waals surface area contributed by atoms with E-state index in [0.29, 0.717) is 12.1 Å². The maximum Gasteiger partial charge on any atom is 0.416 e. The average molecular weight is 306 g/mol. The zero-order valence-electron chi connectivity index (χ0n) is 10.6. The second-order valence-electron chi connectivity index (χ2n) is 4.54.